The minimum Gasteiger partial charge on any atom is -0.465 e. The third kappa shape index (κ3) is 3.58. The van der Waals surface area contributed by atoms with E-state index >= 15 is 0 Å². The summed E-state index contributed by atoms with van der Waals surface area (Å²) in [6, 6.07) is 14.2. The van der Waals surface area contributed by atoms with Gasteiger partial charge in [-0.25, -0.2) is 4.98 Å². The van der Waals surface area contributed by atoms with Crippen LogP contribution in [0.2, 0.25) is 0 Å². The molecule has 2 aromatic heterocycles. The molecule has 1 aromatic carbocycles. The van der Waals surface area contributed by atoms with E-state index in [1.165, 1.54) is 0 Å². The van der Waals surface area contributed by atoms with Crippen molar-refractivity contribution in [1.29, 1.82) is 5.26 Å². The number of pyridine rings is 1. The molecule has 142 valence electrons. The van der Waals surface area contributed by atoms with Gasteiger partial charge in [0.2, 0.25) is 0 Å². The maximum atomic E-state index is 12.7. The highest BCUT2D eigenvalue weighted by Crippen LogP contribution is 2.32. The van der Waals surface area contributed by atoms with Crippen molar-refractivity contribution in [1.82, 2.24) is 9.38 Å². The highest BCUT2D eigenvalue weighted by atomic mass is 16.6. The first-order valence-electron chi connectivity index (χ1n) is 8.91. The van der Waals surface area contributed by atoms with E-state index in [2.05, 4.69) is 11.1 Å². The van der Waals surface area contributed by atoms with Gasteiger partial charge in [-0.1, -0.05) is 18.2 Å². The van der Waals surface area contributed by atoms with E-state index in [1.54, 1.807) is 60.8 Å². The Hall–Kier alpha value is -3.66. The van der Waals surface area contributed by atoms with Crippen molar-refractivity contribution in [3.63, 3.8) is 0 Å². The summed E-state index contributed by atoms with van der Waals surface area (Å²) in [6.07, 6.45) is 1.73. The van der Waals surface area contributed by atoms with Crippen LogP contribution in [0.4, 0.5) is 0 Å². The van der Waals surface area contributed by atoms with Crippen LogP contribution >= 0.6 is 0 Å². The van der Waals surface area contributed by atoms with Crippen molar-refractivity contribution in [3.8, 4) is 17.3 Å². The van der Waals surface area contributed by atoms with Crippen LogP contribution in [-0.4, -0.2) is 34.5 Å². The zero-order valence-electron chi connectivity index (χ0n) is 15.6. The number of carbonyl (C=O) groups excluding carboxylic acids is 2. The van der Waals surface area contributed by atoms with Crippen molar-refractivity contribution in [2.24, 2.45) is 0 Å². The molecule has 0 bridgehead atoms. The molecule has 7 nitrogen and oxygen atoms in total. The summed E-state index contributed by atoms with van der Waals surface area (Å²) in [5.41, 5.74) is 2.59. The van der Waals surface area contributed by atoms with Crippen molar-refractivity contribution in [2.75, 3.05) is 13.2 Å². The number of nitriles is 1. The van der Waals surface area contributed by atoms with Gasteiger partial charge in [0.05, 0.1) is 36.2 Å². The number of hydrogen-bond acceptors (Lipinski definition) is 6. The second kappa shape index (κ2) is 8.35. The highest BCUT2D eigenvalue weighted by molar-refractivity contribution is 6.02. The third-order valence-corrected chi connectivity index (χ3v) is 4.17. The van der Waals surface area contributed by atoms with Crippen LogP contribution in [0, 0.1) is 11.3 Å². The predicted octanol–water partition coefficient (Wildman–Crippen LogP) is 3.08. The number of rotatable bonds is 6. The summed E-state index contributed by atoms with van der Waals surface area (Å²) >= 11 is 0. The van der Waals surface area contributed by atoms with E-state index in [9.17, 15) is 9.59 Å². The van der Waals surface area contributed by atoms with E-state index in [0.717, 1.165) is 0 Å². The standard InChI is InChI=1S/C21H19N3O4/c1-3-27-20(25)17(21(26)28-4-2)19-18(15-10-8-14(13-22)9-11-15)23-16-7-5-6-12-24(16)19/h5-12,17H,3-4H2,1-2H3. The lowest BCUT2D eigenvalue weighted by Gasteiger charge is -2.16. The summed E-state index contributed by atoms with van der Waals surface area (Å²) < 4.78 is 12.0. The molecule has 0 radical (unpaired) electrons. The Balaban J connectivity index is 2.24. The minimum atomic E-state index is -1.28. The van der Waals surface area contributed by atoms with Gasteiger partial charge in [0.1, 0.15) is 5.65 Å². The molecule has 0 aliphatic rings. The largest absolute Gasteiger partial charge is 0.465 e. The van der Waals surface area contributed by atoms with Crippen molar-refractivity contribution >= 4 is 17.6 Å². The van der Waals surface area contributed by atoms with Gasteiger partial charge in [0.15, 0.2) is 5.92 Å². The van der Waals surface area contributed by atoms with Gasteiger partial charge < -0.3 is 13.9 Å². The lowest BCUT2D eigenvalue weighted by molar-refractivity contribution is -0.157. The van der Waals surface area contributed by atoms with Gasteiger partial charge in [-0.05, 0) is 38.1 Å². The van der Waals surface area contributed by atoms with Gasteiger partial charge in [-0.2, -0.15) is 5.26 Å². The van der Waals surface area contributed by atoms with Crippen LogP contribution in [0.15, 0.2) is 48.7 Å². The molecule has 0 saturated carbocycles. The number of esters is 2. The lowest BCUT2D eigenvalue weighted by atomic mass is 9.99. The first-order chi connectivity index (χ1) is 13.6. The Labute approximate surface area is 162 Å². The Morgan fingerprint density at radius 3 is 2.29 bits per heavy atom. The first-order valence-corrected chi connectivity index (χ1v) is 8.91. The van der Waals surface area contributed by atoms with Gasteiger partial charge in [0, 0.05) is 11.8 Å². The van der Waals surface area contributed by atoms with E-state index in [0.29, 0.717) is 28.2 Å². The molecule has 28 heavy (non-hydrogen) atoms. The van der Waals surface area contributed by atoms with Crippen molar-refractivity contribution in [3.05, 3.63) is 59.9 Å². The molecular weight excluding hydrogens is 358 g/mol. The number of benzene rings is 1. The molecular formula is C21H19N3O4. The van der Waals surface area contributed by atoms with Crippen LogP contribution in [0.5, 0.6) is 0 Å². The number of nitrogens with zero attached hydrogens (tertiary/aromatic N) is 3. The van der Waals surface area contributed by atoms with Gasteiger partial charge >= 0.3 is 11.9 Å². The SMILES string of the molecule is CCOC(=O)C(C(=O)OCC)c1c(-c2ccc(C#N)cc2)nc2ccccn12. The van der Waals surface area contributed by atoms with Gasteiger partial charge in [-0.15, -0.1) is 0 Å². The lowest BCUT2D eigenvalue weighted by Crippen LogP contribution is -2.27. The van der Waals surface area contributed by atoms with Crippen molar-refractivity contribution in [2.45, 2.75) is 19.8 Å². The van der Waals surface area contributed by atoms with Crippen molar-refractivity contribution < 1.29 is 19.1 Å². The summed E-state index contributed by atoms with van der Waals surface area (Å²) in [4.78, 5) is 30.0. The van der Waals surface area contributed by atoms with Crippen LogP contribution in [0.25, 0.3) is 16.9 Å². The molecule has 0 aliphatic carbocycles. The molecule has 3 aromatic rings. The maximum Gasteiger partial charge on any atom is 0.326 e. The molecule has 2 heterocycles. The molecule has 0 unspecified atom stereocenters. The van der Waals surface area contributed by atoms with Gasteiger partial charge in [0.25, 0.3) is 0 Å². The quantitative estimate of drug-likeness (QED) is 0.484. The van der Waals surface area contributed by atoms with E-state index < -0.39 is 17.9 Å². The second-order valence-corrected chi connectivity index (χ2v) is 5.90. The molecule has 0 amide bonds. The normalized spacial score (nSPS) is 10.6. The zero-order chi connectivity index (χ0) is 20.1. The molecule has 0 N–H and O–H groups in total. The fourth-order valence-corrected chi connectivity index (χ4v) is 2.98. The number of ether oxygens (including phenoxy) is 2. The second-order valence-electron chi connectivity index (χ2n) is 5.90. The first kappa shape index (κ1) is 19.1. The third-order valence-electron chi connectivity index (χ3n) is 4.17. The summed E-state index contributed by atoms with van der Waals surface area (Å²) in [6.45, 7) is 3.63. The molecule has 0 spiro atoms. The fraction of sp³-hybridized carbons (Fsp3) is 0.238. The van der Waals surface area contributed by atoms with E-state index in [-0.39, 0.29) is 13.2 Å². The van der Waals surface area contributed by atoms with E-state index in [4.69, 9.17) is 14.7 Å². The number of hydrogen-bond donors (Lipinski definition) is 0. The average molecular weight is 377 g/mol. The van der Waals surface area contributed by atoms with Crippen LogP contribution in [-0.2, 0) is 19.1 Å². The van der Waals surface area contributed by atoms with Crippen LogP contribution in [0.3, 0.4) is 0 Å². The highest BCUT2D eigenvalue weighted by Gasteiger charge is 2.37. The summed E-state index contributed by atoms with van der Waals surface area (Å²) in [7, 11) is 0. The Morgan fingerprint density at radius 1 is 1.07 bits per heavy atom. The zero-order valence-corrected chi connectivity index (χ0v) is 15.6. The molecule has 0 atom stereocenters. The number of imidazole rings is 1. The molecule has 3 rings (SSSR count). The topological polar surface area (TPSA) is 93.7 Å². The summed E-state index contributed by atoms with van der Waals surface area (Å²) in [5, 5.41) is 9.03. The molecule has 0 fully saturated rings. The molecule has 7 heteroatoms. The van der Waals surface area contributed by atoms with Crippen LogP contribution in [0.1, 0.15) is 31.0 Å². The average Bonchev–Trinajstić information content (AvgIpc) is 3.08. The minimum absolute atomic E-state index is 0.137. The number of aromatic nitrogens is 2. The number of carbonyl (C=O) groups is 2. The van der Waals surface area contributed by atoms with Crippen LogP contribution < -0.4 is 0 Å². The molecule has 0 aliphatic heterocycles. The predicted molar refractivity (Wildman–Crippen MR) is 101 cm³/mol. The Morgan fingerprint density at radius 2 is 1.71 bits per heavy atom. The molecule has 0 saturated heterocycles. The number of fused-ring (bicyclic) bond motifs is 1. The van der Waals surface area contributed by atoms with E-state index in [1.807, 2.05) is 6.07 Å². The smallest absolute Gasteiger partial charge is 0.326 e. The Bertz CT molecular complexity index is 1030. The Kier molecular flexibility index (Phi) is 5.70. The maximum absolute atomic E-state index is 12.7. The monoisotopic (exact) mass is 377 g/mol. The fourth-order valence-electron chi connectivity index (χ4n) is 2.98. The van der Waals surface area contributed by atoms with Gasteiger partial charge in [-0.3, -0.25) is 9.59 Å². The summed E-state index contributed by atoms with van der Waals surface area (Å²) in [5.74, 6) is -2.66.